The Morgan fingerprint density at radius 2 is 0.842 bits per heavy atom. The van der Waals surface area contributed by atoms with Crippen molar-refractivity contribution in [3.8, 4) is 33.6 Å². The van der Waals surface area contributed by atoms with Crippen molar-refractivity contribution in [3.05, 3.63) is 229 Å². The molecule has 0 N–H and O–H groups in total. The van der Waals surface area contributed by atoms with E-state index in [4.69, 9.17) is 0 Å². The van der Waals surface area contributed by atoms with Crippen LogP contribution in [0.4, 0.5) is 0 Å². The van der Waals surface area contributed by atoms with E-state index >= 15 is 0 Å². The number of hydrogen-bond acceptors (Lipinski definition) is 0. The molecule has 0 unspecified atom stereocenters. The lowest BCUT2D eigenvalue weighted by Gasteiger charge is -2.11. The van der Waals surface area contributed by atoms with Crippen molar-refractivity contribution >= 4 is 34.0 Å². The van der Waals surface area contributed by atoms with Crippen molar-refractivity contribution < 1.29 is 0 Å². The topological polar surface area (TPSA) is 9.86 Å². The predicted octanol–water partition coefficient (Wildman–Crippen LogP) is 15.1. The molecule has 2 nitrogen and oxygen atoms in total. The van der Waals surface area contributed by atoms with Crippen LogP contribution in [0.15, 0.2) is 196 Å². The molecule has 57 heavy (non-hydrogen) atoms. The molecule has 8 rings (SSSR count). The highest BCUT2D eigenvalue weighted by Crippen LogP contribution is 2.33. The zero-order valence-corrected chi connectivity index (χ0v) is 33.3. The van der Waals surface area contributed by atoms with Crippen molar-refractivity contribution in [2.75, 3.05) is 0 Å². The highest BCUT2D eigenvalue weighted by atomic mass is 15.0. The van der Waals surface area contributed by atoms with Gasteiger partial charge in [-0.2, -0.15) is 0 Å². The van der Waals surface area contributed by atoms with Gasteiger partial charge in [0.1, 0.15) is 0 Å². The summed E-state index contributed by atoms with van der Waals surface area (Å²) in [6, 6.07) is 53.2. The Morgan fingerprint density at radius 1 is 0.456 bits per heavy atom. The summed E-state index contributed by atoms with van der Waals surface area (Å²) in [5.74, 6) is 0. The maximum Gasteiger partial charge on any atom is 0.0537 e. The molecule has 280 valence electrons. The van der Waals surface area contributed by atoms with E-state index in [0.29, 0.717) is 0 Å². The summed E-state index contributed by atoms with van der Waals surface area (Å²) in [6.45, 7) is 17.2. The number of hydrogen-bond donors (Lipinski definition) is 0. The first-order chi connectivity index (χ1) is 27.9. The van der Waals surface area contributed by atoms with E-state index in [2.05, 4.69) is 213 Å². The van der Waals surface area contributed by atoms with Gasteiger partial charge in [0.15, 0.2) is 0 Å². The second-order valence-corrected chi connectivity index (χ2v) is 14.3. The largest absolute Gasteiger partial charge is 0.310 e. The molecule has 0 amide bonds. The van der Waals surface area contributed by atoms with E-state index in [1.807, 2.05) is 12.2 Å². The standard InChI is InChI=1S/C51H44N2.C4H6/c1-5-7-15-48-36(3)46-13-9-11-17-50(46)52(48)44-31-27-42(28-32-44)40-23-19-38(20-24-40)35-39-21-25-41(26-22-39)43-29-33-45(34-30-43)53-49(16-8-6-2)37(4)47-14-10-12-18-51(47)53;1-3-4-2/h5,7-34H,1,6,35H2,2-4H3;3-4H,1-2H2/b15-7-,16-8-;. The van der Waals surface area contributed by atoms with Gasteiger partial charge < -0.3 is 9.13 Å². The van der Waals surface area contributed by atoms with Gasteiger partial charge in [-0.05, 0) is 120 Å². The number of allylic oxidation sites excluding steroid dienone is 5. The zero-order chi connectivity index (χ0) is 39.7. The molecule has 2 heteroatoms. The molecule has 2 heterocycles. The van der Waals surface area contributed by atoms with E-state index in [0.717, 1.165) is 18.5 Å². The lowest BCUT2D eigenvalue weighted by atomic mass is 9.98. The SMILES string of the molecule is C=C/C=C\c1c(C)c2ccccc2n1-c1ccc(-c2ccc(Cc3ccc(-c4ccc(-n5c(/C=C\CC)c(C)c6ccccc65)cc4)cc3)cc2)cc1.C=CC=C. The van der Waals surface area contributed by atoms with Gasteiger partial charge in [0, 0.05) is 33.5 Å². The second kappa shape index (κ2) is 17.7. The van der Waals surface area contributed by atoms with Crippen LogP contribution in [0.5, 0.6) is 0 Å². The van der Waals surface area contributed by atoms with Crippen LogP contribution in [0.3, 0.4) is 0 Å². The fraction of sp³-hybridized carbons (Fsp3) is 0.0909. The van der Waals surface area contributed by atoms with Crippen LogP contribution in [0.2, 0.25) is 0 Å². The lowest BCUT2D eigenvalue weighted by molar-refractivity contribution is 1.09. The van der Waals surface area contributed by atoms with Crippen molar-refractivity contribution in [1.82, 2.24) is 9.13 Å². The van der Waals surface area contributed by atoms with Crippen molar-refractivity contribution in [2.45, 2.75) is 33.6 Å². The molecule has 0 atom stereocenters. The smallest absolute Gasteiger partial charge is 0.0537 e. The number of aryl methyl sites for hydroxylation is 2. The molecule has 0 radical (unpaired) electrons. The van der Waals surface area contributed by atoms with E-state index in [1.165, 1.54) is 83.4 Å². The summed E-state index contributed by atoms with van der Waals surface area (Å²) in [5, 5.41) is 2.57. The molecule has 0 bridgehead atoms. The van der Waals surface area contributed by atoms with Crippen LogP contribution in [0.25, 0.3) is 67.6 Å². The van der Waals surface area contributed by atoms with Crippen molar-refractivity contribution in [3.63, 3.8) is 0 Å². The minimum absolute atomic E-state index is 0.896. The van der Waals surface area contributed by atoms with E-state index in [9.17, 15) is 0 Å². The summed E-state index contributed by atoms with van der Waals surface area (Å²) in [7, 11) is 0. The Kier molecular flexibility index (Phi) is 11.9. The van der Waals surface area contributed by atoms with E-state index in [-0.39, 0.29) is 0 Å². The maximum atomic E-state index is 3.88. The Morgan fingerprint density at radius 3 is 1.23 bits per heavy atom. The Balaban J connectivity index is 0.00000119. The average Bonchev–Trinajstić information content (AvgIpc) is 3.71. The highest BCUT2D eigenvalue weighted by Gasteiger charge is 2.15. The lowest BCUT2D eigenvalue weighted by Crippen LogP contribution is -1.97. The van der Waals surface area contributed by atoms with Crippen LogP contribution >= 0.6 is 0 Å². The number of benzene rings is 6. The molecule has 0 saturated heterocycles. The second-order valence-electron chi connectivity index (χ2n) is 14.3. The van der Waals surface area contributed by atoms with Crippen molar-refractivity contribution in [1.29, 1.82) is 0 Å². The van der Waals surface area contributed by atoms with Gasteiger partial charge in [-0.3, -0.25) is 0 Å². The third kappa shape index (κ3) is 8.08. The van der Waals surface area contributed by atoms with Crippen LogP contribution in [-0.4, -0.2) is 9.13 Å². The third-order valence-corrected chi connectivity index (χ3v) is 10.7. The molecule has 2 aromatic heterocycles. The monoisotopic (exact) mass is 738 g/mol. The summed E-state index contributed by atoms with van der Waals surface area (Å²) in [5.41, 5.74) is 17.3. The number of fused-ring (bicyclic) bond motifs is 2. The van der Waals surface area contributed by atoms with Gasteiger partial charge >= 0.3 is 0 Å². The number of aromatic nitrogens is 2. The quantitative estimate of drug-likeness (QED) is 0.117. The zero-order valence-electron chi connectivity index (χ0n) is 33.3. The van der Waals surface area contributed by atoms with Crippen molar-refractivity contribution in [2.24, 2.45) is 0 Å². The first kappa shape index (κ1) is 38.4. The van der Waals surface area contributed by atoms with Crippen LogP contribution < -0.4 is 0 Å². The molecule has 0 fully saturated rings. The number of nitrogens with zero attached hydrogens (tertiary/aromatic N) is 2. The minimum atomic E-state index is 0.896. The van der Waals surface area contributed by atoms with Crippen LogP contribution in [0, 0.1) is 13.8 Å². The molecule has 0 spiro atoms. The fourth-order valence-corrected chi connectivity index (χ4v) is 7.66. The van der Waals surface area contributed by atoms with Gasteiger partial charge in [0.25, 0.3) is 0 Å². The van der Waals surface area contributed by atoms with Gasteiger partial charge in [-0.1, -0.05) is 166 Å². The third-order valence-electron chi connectivity index (χ3n) is 10.7. The van der Waals surface area contributed by atoms with Crippen LogP contribution in [0.1, 0.15) is 47.0 Å². The number of para-hydroxylation sites is 2. The predicted molar refractivity (Wildman–Crippen MR) is 249 cm³/mol. The van der Waals surface area contributed by atoms with E-state index in [1.54, 1.807) is 12.2 Å². The average molecular weight is 739 g/mol. The summed E-state index contributed by atoms with van der Waals surface area (Å²) in [4.78, 5) is 0. The normalized spacial score (nSPS) is 11.3. The van der Waals surface area contributed by atoms with Gasteiger partial charge in [-0.25, -0.2) is 0 Å². The Bertz CT molecular complexity index is 2700. The number of rotatable bonds is 11. The van der Waals surface area contributed by atoms with Gasteiger partial charge in [-0.15, -0.1) is 0 Å². The van der Waals surface area contributed by atoms with E-state index < -0.39 is 0 Å². The maximum absolute atomic E-state index is 3.88. The fourth-order valence-electron chi connectivity index (χ4n) is 7.66. The van der Waals surface area contributed by atoms with Crippen LogP contribution in [-0.2, 0) is 6.42 Å². The summed E-state index contributed by atoms with van der Waals surface area (Å²) in [6.07, 6.45) is 15.7. The molecular formula is C55H50N2. The van der Waals surface area contributed by atoms with Gasteiger partial charge in [0.2, 0.25) is 0 Å². The Hall–Kier alpha value is -6.90. The molecule has 0 aliphatic rings. The Labute approximate surface area is 338 Å². The molecule has 0 aliphatic heterocycles. The molecule has 6 aromatic carbocycles. The summed E-state index contributed by atoms with van der Waals surface area (Å²) >= 11 is 0. The highest BCUT2D eigenvalue weighted by molar-refractivity contribution is 5.91. The minimum Gasteiger partial charge on any atom is -0.310 e. The molecule has 8 aromatic rings. The molecular weight excluding hydrogens is 689 g/mol. The first-order valence-electron chi connectivity index (χ1n) is 19.7. The van der Waals surface area contributed by atoms with Gasteiger partial charge in [0.05, 0.1) is 11.0 Å². The molecule has 0 saturated carbocycles. The first-order valence-corrected chi connectivity index (χ1v) is 19.7. The molecule has 0 aliphatic carbocycles. The summed E-state index contributed by atoms with van der Waals surface area (Å²) < 4.78 is 4.72.